The fourth-order valence-electron chi connectivity index (χ4n) is 2.81. The minimum atomic E-state index is -4.95. The van der Waals surface area contributed by atoms with E-state index in [0.717, 1.165) is 22.9 Å². The summed E-state index contributed by atoms with van der Waals surface area (Å²) in [5.74, 6) is -3.54. The number of hydrogen-bond acceptors (Lipinski definition) is 3. The van der Waals surface area contributed by atoms with Gasteiger partial charge in [-0.25, -0.2) is 13.5 Å². The Hall–Kier alpha value is -2.91. The van der Waals surface area contributed by atoms with E-state index in [1.807, 2.05) is 0 Å². The summed E-state index contributed by atoms with van der Waals surface area (Å²) in [6.45, 7) is 3.44. The molecule has 0 fully saturated rings. The van der Waals surface area contributed by atoms with E-state index < -0.39 is 51.3 Å². The molecule has 27 heavy (non-hydrogen) atoms. The second-order valence-electron chi connectivity index (χ2n) is 6.42. The summed E-state index contributed by atoms with van der Waals surface area (Å²) in [5, 5.41) is 12.7. The van der Waals surface area contributed by atoms with E-state index in [0.29, 0.717) is 0 Å². The van der Waals surface area contributed by atoms with Crippen LogP contribution in [0.15, 0.2) is 23.0 Å². The minimum absolute atomic E-state index is 0.00644. The van der Waals surface area contributed by atoms with Gasteiger partial charge in [0.05, 0.1) is 11.3 Å². The number of alkyl halides is 3. The van der Waals surface area contributed by atoms with Crippen molar-refractivity contribution in [3.63, 3.8) is 0 Å². The van der Waals surface area contributed by atoms with Crippen LogP contribution in [-0.4, -0.2) is 19.9 Å². The Morgan fingerprint density at radius 2 is 1.81 bits per heavy atom. The second-order valence-corrected chi connectivity index (χ2v) is 6.42. The first-order valence-corrected chi connectivity index (χ1v) is 7.89. The Morgan fingerprint density at radius 1 is 1.22 bits per heavy atom. The average Bonchev–Trinajstić information content (AvgIpc) is 2.90. The van der Waals surface area contributed by atoms with Crippen molar-refractivity contribution in [1.29, 1.82) is 0 Å². The van der Waals surface area contributed by atoms with Gasteiger partial charge in [-0.2, -0.15) is 18.3 Å². The Labute approximate surface area is 149 Å². The number of rotatable bonds is 3. The van der Waals surface area contributed by atoms with Crippen molar-refractivity contribution < 1.29 is 27.1 Å². The first-order chi connectivity index (χ1) is 12.5. The van der Waals surface area contributed by atoms with Gasteiger partial charge in [-0.3, -0.25) is 4.79 Å². The number of fused-ring (bicyclic) bond motifs is 1. The summed E-state index contributed by atoms with van der Waals surface area (Å²) >= 11 is 0. The molecule has 0 bridgehead atoms. The molecule has 0 amide bonds. The van der Waals surface area contributed by atoms with Crippen molar-refractivity contribution in [2.75, 3.05) is 0 Å². The zero-order valence-corrected chi connectivity index (χ0v) is 14.2. The molecule has 0 radical (unpaired) electrons. The molecule has 144 valence electrons. The molecule has 0 spiro atoms. The highest BCUT2D eigenvalue weighted by molar-refractivity contribution is 5.85. The molecule has 3 rings (SSSR count). The van der Waals surface area contributed by atoms with Gasteiger partial charge in [0.15, 0.2) is 11.4 Å². The number of nitrogens with zero attached hydrogens (tertiary/aromatic N) is 2. The average molecular weight is 387 g/mol. The van der Waals surface area contributed by atoms with E-state index in [-0.39, 0.29) is 18.1 Å². The Morgan fingerprint density at radius 3 is 2.33 bits per heavy atom. The predicted molar refractivity (Wildman–Crippen MR) is 87.2 cm³/mol. The molecule has 0 saturated carbocycles. The topological polar surface area (TPSA) is 70.9 Å². The summed E-state index contributed by atoms with van der Waals surface area (Å²) < 4.78 is 69.0. The largest absolute Gasteiger partial charge is 0.503 e. The number of halogens is 5. The Kier molecular flexibility index (Phi) is 4.44. The van der Waals surface area contributed by atoms with Crippen LogP contribution in [0.2, 0.25) is 0 Å². The SMILES string of the molecule is CC(C)Cn1nc(C(F)(F)F)c2c(=O)c(O)c(-c3c(F)cccc3F)[nH]c21. The minimum Gasteiger partial charge on any atom is -0.503 e. The molecule has 10 heteroatoms. The maximum atomic E-state index is 14.1. The summed E-state index contributed by atoms with van der Waals surface area (Å²) in [6.07, 6.45) is -4.95. The van der Waals surface area contributed by atoms with Gasteiger partial charge in [-0.1, -0.05) is 19.9 Å². The second kappa shape index (κ2) is 6.36. The number of hydrogen-bond donors (Lipinski definition) is 2. The van der Waals surface area contributed by atoms with Crippen LogP contribution in [0.1, 0.15) is 19.5 Å². The lowest BCUT2D eigenvalue weighted by Gasteiger charge is -2.10. The van der Waals surface area contributed by atoms with E-state index in [9.17, 15) is 31.9 Å². The van der Waals surface area contributed by atoms with Gasteiger partial charge in [0.25, 0.3) is 0 Å². The van der Waals surface area contributed by atoms with Crippen molar-refractivity contribution in [1.82, 2.24) is 14.8 Å². The van der Waals surface area contributed by atoms with E-state index >= 15 is 0 Å². The molecule has 0 aliphatic rings. The van der Waals surface area contributed by atoms with Gasteiger partial charge in [0.2, 0.25) is 5.43 Å². The fraction of sp³-hybridized carbons (Fsp3) is 0.294. The number of nitrogens with one attached hydrogen (secondary N) is 1. The zero-order chi connectivity index (χ0) is 20.1. The maximum Gasteiger partial charge on any atom is 0.435 e. The smallest absolute Gasteiger partial charge is 0.435 e. The monoisotopic (exact) mass is 387 g/mol. The highest BCUT2D eigenvalue weighted by Gasteiger charge is 2.39. The molecule has 1 aromatic carbocycles. The lowest BCUT2D eigenvalue weighted by molar-refractivity contribution is -0.140. The molecule has 0 aliphatic carbocycles. The van der Waals surface area contributed by atoms with Gasteiger partial charge in [0, 0.05) is 6.54 Å². The quantitative estimate of drug-likeness (QED) is 0.666. The molecule has 2 N–H and O–H groups in total. The lowest BCUT2D eigenvalue weighted by atomic mass is 10.1. The van der Waals surface area contributed by atoms with Crippen molar-refractivity contribution >= 4 is 11.0 Å². The Bertz CT molecular complexity index is 1060. The molecule has 0 unspecified atom stereocenters. The predicted octanol–water partition coefficient (Wildman–Crippen LogP) is 4.05. The summed E-state index contributed by atoms with van der Waals surface area (Å²) in [4.78, 5) is 14.8. The third-order valence-corrected chi connectivity index (χ3v) is 3.89. The standard InChI is InChI=1S/C17H14F5N3O2/c1-7(2)6-25-16-11(15(24-25)17(20,21)22)13(26)14(27)12(23-16)10-8(18)4-3-5-9(10)19/h3-5,7,27H,6H2,1-2H3,(H,23,26). The van der Waals surface area contributed by atoms with Gasteiger partial charge >= 0.3 is 6.18 Å². The van der Waals surface area contributed by atoms with Crippen LogP contribution in [0.4, 0.5) is 22.0 Å². The molecule has 0 atom stereocenters. The van der Waals surface area contributed by atoms with Crippen LogP contribution >= 0.6 is 0 Å². The number of aromatic amines is 1. The molecular weight excluding hydrogens is 373 g/mol. The molecule has 2 aromatic heterocycles. The van der Waals surface area contributed by atoms with Gasteiger partial charge in [-0.15, -0.1) is 0 Å². The van der Waals surface area contributed by atoms with Gasteiger partial charge in [0.1, 0.15) is 22.7 Å². The van der Waals surface area contributed by atoms with Crippen LogP contribution in [0.25, 0.3) is 22.3 Å². The van der Waals surface area contributed by atoms with E-state index in [2.05, 4.69) is 10.1 Å². The highest BCUT2D eigenvalue weighted by Crippen LogP contribution is 2.36. The summed E-state index contributed by atoms with van der Waals surface area (Å²) in [5.41, 5.74) is -4.67. The number of pyridine rings is 1. The first kappa shape index (κ1) is 18.9. The normalized spacial score (nSPS) is 12.3. The van der Waals surface area contributed by atoms with Crippen molar-refractivity contribution in [2.24, 2.45) is 5.92 Å². The summed E-state index contributed by atoms with van der Waals surface area (Å²) in [7, 11) is 0. The van der Waals surface area contributed by atoms with Crippen molar-refractivity contribution in [3.05, 3.63) is 45.8 Å². The molecule has 2 heterocycles. The molecule has 5 nitrogen and oxygen atoms in total. The van der Waals surface area contributed by atoms with Crippen LogP contribution in [0.5, 0.6) is 5.75 Å². The number of H-pyrrole nitrogens is 1. The van der Waals surface area contributed by atoms with E-state index in [4.69, 9.17) is 0 Å². The van der Waals surface area contributed by atoms with E-state index in [1.165, 1.54) is 0 Å². The van der Waals surface area contributed by atoms with Crippen molar-refractivity contribution in [2.45, 2.75) is 26.6 Å². The molecule has 3 aromatic rings. The third-order valence-electron chi connectivity index (χ3n) is 3.89. The number of aromatic nitrogens is 3. The first-order valence-electron chi connectivity index (χ1n) is 7.89. The Balaban J connectivity index is 2.44. The fourth-order valence-corrected chi connectivity index (χ4v) is 2.81. The lowest BCUT2D eigenvalue weighted by Crippen LogP contribution is -2.12. The third kappa shape index (κ3) is 3.15. The summed E-state index contributed by atoms with van der Waals surface area (Å²) in [6, 6.07) is 2.87. The molecular formula is C17H14F5N3O2. The van der Waals surface area contributed by atoms with E-state index in [1.54, 1.807) is 13.8 Å². The van der Waals surface area contributed by atoms with Crippen LogP contribution in [-0.2, 0) is 12.7 Å². The molecule has 0 saturated heterocycles. The maximum absolute atomic E-state index is 14.1. The van der Waals surface area contributed by atoms with Crippen LogP contribution in [0, 0.1) is 17.6 Å². The zero-order valence-electron chi connectivity index (χ0n) is 14.2. The highest BCUT2D eigenvalue weighted by atomic mass is 19.4. The van der Waals surface area contributed by atoms with Crippen LogP contribution in [0.3, 0.4) is 0 Å². The van der Waals surface area contributed by atoms with Crippen molar-refractivity contribution in [3.8, 4) is 17.0 Å². The number of aromatic hydroxyl groups is 1. The molecule has 0 aliphatic heterocycles. The van der Waals surface area contributed by atoms with Gasteiger partial charge in [-0.05, 0) is 18.1 Å². The number of benzene rings is 1. The van der Waals surface area contributed by atoms with Gasteiger partial charge < -0.3 is 10.1 Å². The van der Waals surface area contributed by atoms with Crippen LogP contribution < -0.4 is 5.43 Å².